The lowest BCUT2D eigenvalue weighted by atomic mass is 9.97. The molecule has 0 radical (unpaired) electrons. The number of fused-ring (bicyclic) bond motifs is 2. The Morgan fingerprint density at radius 3 is 2.86 bits per heavy atom. The fraction of sp³-hybridized carbons (Fsp3) is 0.238. The van der Waals surface area contributed by atoms with E-state index in [9.17, 15) is 4.79 Å². The van der Waals surface area contributed by atoms with E-state index in [1.54, 1.807) is 0 Å². The van der Waals surface area contributed by atoms with Gasteiger partial charge in [-0.2, -0.15) is 0 Å². The zero-order chi connectivity index (χ0) is 19.1. The molecule has 0 saturated carbocycles. The molecular weight excluding hydrogens is 352 g/mol. The van der Waals surface area contributed by atoms with Gasteiger partial charge in [-0.05, 0) is 37.1 Å². The maximum absolute atomic E-state index is 12.0. The SMILES string of the molecule is NC(=O)c1cc(N2CCCC(c3nnc4ccccn34)C2)nc2ccccc12. The number of nitrogens with zero attached hydrogens (tertiary/aromatic N) is 5. The van der Waals surface area contributed by atoms with Crippen molar-refractivity contribution >= 4 is 28.3 Å². The van der Waals surface area contributed by atoms with Gasteiger partial charge >= 0.3 is 0 Å². The molecule has 7 nitrogen and oxygen atoms in total. The molecule has 1 fully saturated rings. The predicted molar refractivity (Wildman–Crippen MR) is 107 cm³/mol. The summed E-state index contributed by atoms with van der Waals surface area (Å²) in [5, 5.41) is 9.51. The highest BCUT2D eigenvalue weighted by Gasteiger charge is 2.26. The lowest BCUT2D eigenvalue weighted by Gasteiger charge is -2.33. The average Bonchev–Trinajstić information content (AvgIpc) is 3.17. The summed E-state index contributed by atoms with van der Waals surface area (Å²) in [4.78, 5) is 19.0. The predicted octanol–water partition coefficient (Wildman–Crippen LogP) is 2.76. The van der Waals surface area contributed by atoms with Crippen molar-refractivity contribution in [2.75, 3.05) is 18.0 Å². The van der Waals surface area contributed by atoms with Crippen molar-refractivity contribution < 1.29 is 4.79 Å². The molecular formula is C21H20N6O. The van der Waals surface area contributed by atoms with Crippen molar-refractivity contribution in [3.05, 3.63) is 66.1 Å². The van der Waals surface area contributed by atoms with E-state index in [0.717, 1.165) is 54.1 Å². The van der Waals surface area contributed by atoms with Gasteiger partial charge in [0.1, 0.15) is 11.6 Å². The number of piperidine rings is 1. The van der Waals surface area contributed by atoms with Crippen molar-refractivity contribution in [1.29, 1.82) is 0 Å². The Balaban J connectivity index is 1.52. The molecule has 1 atom stereocenters. The Kier molecular flexibility index (Phi) is 3.93. The Morgan fingerprint density at radius 2 is 1.96 bits per heavy atom. The van der Waals surface area contributed by atoms with Crippen LogP contribution in [0.5, 0.6) is 0 Å². The van der Waals surface area contributed by atoms with Gasteiger partial charge in [0.15, 0.2) is 5.65 Å². The monoisotopic (exact) mass is 372 g/mol. The molecule has 4 aromatic rings. The minimum absolute atomic E-state index is 0.247. The molecule has 0 bridgehead atoms. The van der Waals surface area contributed by atoms with Crippen LogP contribution in [0.1, 0.15) is 34.9 Å². The van der Waals surface area contributed by atoms with Crippen molar-refractivity contribution in [3.63, 3.8) is 0 Å². The Morgan fingerprint density at radius 1 is 1.11 bits per heavy atom. The Hall–Kier alpha value is -3.48. The highest BCUT2D eigenvalue weighted by Crippen LogP contribution is 2.30. The van der Waals surface area contributed by atoms with Gasteiger partial charge in [0.2, 0.25) is 5.91 Å². The molecule has 1 saturated heterocycles. The first-order valence-electron chi connectivity index (χ1n) is 9.45. The molecule has 1 aliphatic heterocycles. The number of anilines is 1. The second-order valence-corrected chi connectivity index (χ2v) is 7.18. The van der Waals surface area contributed by atoms with Crippen LogP contribution < -0.4 is 10.6 Å². The summed E-state index contributed by atoms with van der Waals surface area (Å²) in [6, 6.07) is 15.3. The summed E-state index contributed by atoms with van der Waals surface area (Å²) in [6.45, 7) is 1.66. The van der Waals surface area contributed by atoms with Crippen molar-refractivity contribution in [2.45, 2.75) is 18.8 Å². The van der Waals surface area contributed by atoms with Gasteiger partial charge < -0.3 is 10.6 Å². The number of nitrogens with two attached hydrogens (primary N) is 1. The van der Waals surface area contributed by atoms with Crippen LogP contribution in [0.3, 0.4) is 0 Å². The summed E-state index contributed by atoms with van der Waals surface area (Å²) in [7, 11) is 0. The largest absolute Gasteiger partial charge is 0.366 e. The van der Waals surface area contributed by atoms with Crippen LogP contribution in [-0.4, -0.2) is 38.6 Å². The van der Waals surface area contributed by atoms with Gasteiger partial charge in [-0.3, -0.25) is 9.20 Å². The van der Waals surface area contributed by atoms with Crippen molar-refractivity contribution in [3.8, 4) is 0 Å². The van der Waals surface area contributed by atoms with Gasteiger partial charge in [-0.25, -0.2) is 4.98 Å². The molecule has 0 aliphatic carbocycles. The zero-order valence-corrected chi connectivity index (χ0v) is 15.3. The Labute approximate surface area is 161 Å². The molecule has 140 valence electrons. The van der Waals surface area contributed by atoms with Gasteiger partial charge in [0.25, 0.3) is 0 Å². The molecule has 4 heterocycles. The lowest BCUT2D eigenvalue weighted by Crippen LogP contribution is -2.35. The first-order valence-corrected chi connectivity index (χ1v) is 9.45. The summed E-state index contributed by atoms with van der Waals surface area (Å²) < 4.78 is 2.05. The number of primary amides is 1. The van der Waals surface area contributed by atoms with E-state index in [4.69, 9.17) is 10.7 Å². The summed E-state index contributed by atoms with van der Waals surface area (Å²) in [5.41, 5.74) is 7.79. The molecule has 1 amide bonds. The van der Waals surface area contributed by atoms with E-state index in [-0.39, 0.29) is 5.92 Å². The van der Waals surface area contributed by atoms with E-state index in [0.29, 0.717) is 5.56 Å². The van der Waals surface area contributed by atoms with Crippen LogP contribution in [0.4, 0.5) is 5.82 Å². The van der Waals surface area contributed by atoms with Crippen LogP contribution in [0, 0.1) is 0 Å². The molecule has 28 heavy (non-hydrogen) atoms. The minimum atomic E-state index is -0.433. The third kappa shape index (κ3) is 2.76. The third-order valence-electron chi connectivity index (χ3n) is 5.42. The first-order chi connectivity index (χ1) is 13.7. The van der Waals surface area contributed by atoms with Gasteiger partial charge in [0, 0.05) is 30.6 Å². The highest BCUT2D eigenvalue weighted by atomic mass is 16.1. The summed E-state index contributed by atoms with van der Waals surface area (Å²) >= 11 is 0. The fourth-order valence-corrected chi connectivity index (χ4v) is 4.06. The first kappa shape index (κ1) is 16.7. The Bertz CT molecular complexity index is 1180. The number of para-hydroxylation sites is 1. The molecule has 3 aromatic heterocycles. The van der Waals surface area contributed by atoms with Gasteiger partial charge in [0.05, 0.1) is 11.1 Å². The van der Waals surface area contributed by atoms with Gasteiger partial charge in [-0.1, -0.05) is 24.3 Å². The third-order valence-corrected chi connectivity index (χ3v) is 5.42. The highest BCUT2D eigenvalue weighted by molar-refractivity contribution is 6.06. The molecule has 1 aromatic carbocycles. The van der Waals surface area contributed by atoms with Gasteiger partial charge in [-0.15, -0.1) is 10.2 Å². The standard InChI is InChI=1S/C21H20N6O/c22-20(28)16-12-19(23-17-8-2-1-7-15(16)17)26-10-5-6-14(13-26)21-25-24-18-9-3-4-11-27(18)21/h1-4,7-9,11-12,14H,5-6,10,13H2,(H2,22,28). The smallest absolute Gasteiger partial charge is 0.249 e. The molecule has 2 N–H and O–H groups in total. The number of benzene rings is 1. The number of carbonyl (C=O) groups is 1. The maximum Gasteiger partial charge on any atom is 0.249 e. The second-order valence-electron chi connectivity index (χ2n) is 7.18. The number of amides is 1. The summed E-state index contributed by atoms with van der Waals surface area (Å²) in [6.07, 6.45) is 4.07. The molecule has 1 aliphatic rings. The number of hydrogen-bond donors (Lipinski definition) is 1. The quantitative estimate of drug-likeness (QED) is 0.597. The van der Waals surface area contributed by atoms with E-state index in [1.807, 2.05) is 54.7 Å². The van der Waals surface area contributed by atoms with E-state index in [2.05, 4.69) is 19.5 Å². The zero-order valence-electron chi connectivity index (χ0n) is 15.3. The number of hydrogen-bond acceptors (Lipinski definition) is 5. The second kappa shape index (κ2) is 6.60. The molecule has 5 rings (SSSR count). The van der Waals surface area contributed by atoms with Crippen LogP contribution in [-0.2, 0) is 0 Å². The van der Waals surface area contributed by atoms with Crippen LogP contribution in [0.2, 0.25) is 0 Å². The number of rotatable bonds is 3. The average molecular weight is 372 g/mol. The van der Waals surface area contributed by atoms with E-state index >= 15 is 0 Å². The molecule has 1 unspecified atom stereocenters. The lowest BCUT2D eigenvalue weighted by molar-refractivity contribution is 0.100. The maximum atomic E-state index is 12.0. The van der Waals surface area contributed by atoms with Crippen LogP contribution in [0.15, 0.2) is 54.7 Å². The topological polar surface area (TPSA) is 89.4 Å². The summed E-state index contributed by atoms with van der Waals surface area (Å²) in [5.74, 6) is 1.57. The number of pyridine rings is 2. The normalized spacial score (nSPS) is 17.3. The van der Waals surface area contributed by atoms with Crippen LogP contribution in [0.25, 0.3) is 16.6 Å². The number of aromatic nitrogens is 4. The van der Waals surface area contributed by atoms with Crippen molar-refractivity contribution in [1.82, 2.24) is 19.6 Å². The van der Waals surface area contributed by atoms with Crippen molar-refractivity contribution in [2.24, 2.45) is 5.73 Å². The van der Waals surface area contributed by atoms with E-state index < -0.39 is 5.91 Å². The molecule has 0 spiro atoms. The van der Waals surface area contributed by atoms with E-state index in [1.165, 1.54) is 0 Å². The molecule has 7 heteroatoms. The fourth-order valence-electron chi connectivity index (χ4n) is 4.06. The minimum Gasteiger partial charge on any atom is -0.366 e. The number of carbonyl (C=O) groups excluding carboxylic acids is 1. The van der Waals surface area contributed by atoms with Crippen LogP contribution >= 0.6 is 0 Å².